The fraction of sp³-hybridized carbons (Fsp3) is 1.00. The van der Waals surface area contributed by atoms with Crippen molar-refractivity contribution in [3.8, 4) is 0 Å². The summed E-state index contributed by atoms with van der Waals surface area (Å²) < 4.78 is 26.6. The van der Waals surface area contributed by atoms with E-state index >= 15 is 0 Å². The van der Waals surface area contributed by atoms with Crippen LogP contribution >= 0.6 is 0 Å². The lowest BCUT2D eigenvalue weighted by Crippen LogP contribution is -2.51. The van der Waals surface area contributed by atoms with Gasteiger partial charge in [-0.15, -0.1) is 0 Å². The molecule has 1 saturated carbocycles. The first-order valence-electron chi connectivity index (χ1n) is 6.48. The Hall–Kier alpha value is -0.170. The number of rotatable bonds is 5. The number of hydrogen-bond acceptors (Lipinski definition) is 4. The fourth-order valence-electron chi connectivity index (χ4n) is 2.58. The second-order valence-electron chi connectivity index (χ2n) is 4.91. The van der Waals surface area contributed by atoms with E-state index in [1.807, 2.05) is 0 Å². The Labute approximate surface area is 103 Å². The highest BCUT2D eigenvalue weighted by molar-refractivity contribution is 7.89. The molecule has 0 radical (unpaired) electrons. The maximum absolute atomic E-state index is 12.5. The Balaban J connectivity index is 2.08. The van der Waals surface area contributed by atoms with Gasteiger partial charge in [-0.2, -0.15) is 4.31 Å². The molecule has 1 aliphatic carbocycles. The van der Waals surface area contributed by atoms with Crippen LogP contribution in [0.4, 0.5) is 0 Å². The van der Waals surface area contributed by atoms with Gasteiger partial charge in [-0.25, -0.2) is 8.42 Å². The van der Waals surface area contributed by atoms with Crippen molar-refractivity contribution in [2.75, 3.05) is 26.2 Å². The zero-order chi connectivity index (χ0) is 12.3. The smallest absolute Gasteiger partial charge is 0.217 e. The van der Waals surface area contributed by atoms with Crippen LogP contribution in [0.25, 0.3) is 0 Å². The number of hydrogen-bond donors (Lipinski definition) is 2. The number of sulfonamides is 1. The molecule has 5 nitrogen and oxygen atoms in total. The van der Waals surface area contributed by atoms with E-state index in [0.717, 1.165) is 32.4 Å². The molecule has 1 aliphatic heterocycles. The summed E-state index contributed by atoms with van der Waals surface area (Å²) in [7, 11) is -3.21. The van der Waals surface area contributed by atoms with E-state index in [9.17, 15) is 8.42 Å². The third kappa shape index (κ3) is 2.81. The molecule has 100 valence electrons. The van der Waals surface area contributed by atoms with Gasteiger partial charge in [0.05, 0.1) is 11.9 Å². The normalized spacial score (nSPS) is 23.9. The third-order valence-corrected chi connectivity index (χ3v) is 6.28. The van der Waals surface area contributed by atoms with Crippen LogP contribution in [0.5, 0.6) is 0 Å². The molecular formula is C11H22N2O3S. The zero-order valence-electron chi connectivity index (χ0n) is 10.1. The minimum atomic E-state index is -3.21. The fourth-order valence-corrected chi connectivity index (χ4v) is 4.75. The Morgan fingerprint density at radius 2 is 1.82 bits per heavy atom. The Morgan fingerprint density at radius 1 is 1.18 bits per heavy atom. The van der Waals surface area contributed by atoms with Crippen LogP contribution in [-0.4, -0.2) is 55.4 Å². The van der Waals surface area contributed by atoms with Crippen LogP contribution in [0.2, 0.25) is 0 Å². The summed E-state index contributed by atoms with van der Waals surface area (Å²) in [6.45, 7) is 1.74. The van der Waals surface area contributed by atoms with Gasteiger partial charge >= 0.3 is 0 Å². The largest absolute Gasteiger partial charge is 0.395 e. The number of piperidine rings is 1. The maximum Gasteiger partial charge on any atom is 0.217 e. The third-order valence-electron chi connectivity index (χ3n) is 3.84. The number of nitrogens with zero attached hydrogens (tertiary/aromatic N) is 1. The van der Waals surface area contributed by atoms with Crippen molar-refractivity contribution in [3.63, 3.8) is 0 Å². The standard InChI is InChI=1S/C11H22N2O3S/c14-9-8-13(10-2-1-3-10)17(15,16)11-4-6-12-7-5-11/h10-12,14H,1-9H2. The monoisotopic (exact) mass is 262 g/mol. The van der Waals surface area contributed by atoms with Crippen molar-refractivity contribution < 1.29 is 13.5 Å². The highest BCUT2D eigenvalue weighted by atomic mass is 32.2. The lowest BCUT2D eigenvalue weighted by atomic mass is 9.93. The first-order valence-corrected chi connectivity index (χ1v) is 7.99. The van der Waals surface area contributed by atoms with E-state index in [2.05, 4.69) is 5.32 Å². The molecule has 2 fully saturated rings. The minimum Gasteiger partial charge on any atom is -0.395 e. The summed E-state index contributed by atoms with van der Waals surface area (Å²) in [6.07, 6.45) is 4.39. The second-order valence-corrected chi connectivity index (χ2v) is 7.08. The summed E-state index contributed by atoms with van der Waals surface area (Å²) in [6, 6.07) is 0.141. The lowest BCUT2D eigenvalue weighted by molar-refractivity contribution is 0.176. The van der Waals surface area contributed by atoms with Crippen molar-refractivity contribution in [3.05, 3.63) is 0 Å². The molecule has 1 saturated heterocycles. The molecule has 0 atom stereocenters. The van der Waals surface area contributed by atoms with Crippen LogP contribution in [0.3, 0.4) is 0 Å². The molecule has 0 bridgehead atoms. The molecule has 2 aliphatic rings. The summed E-state index contributed by atoms with van der Waals surface area (Å²) >= 11 is 0. The predicted molar refractivity (Wildman–Crippen MR) is 66.2 cm³/mol. The van der Waals surface area contributed by atoms with E-state index in [4.69, 9.17) is 5.11 Å². The first-order chi connectivity index (χ1) is 8.16. The van der Waals surface area contributed by atoms with Gasteiger partial charge in [-0.1, -0.05) is 6.42 Å². The second kappa shape index (κ2) is 5.65. The van der Waals surface area contributed by atoms with Gasteiger partial charge in [-0.05, 0) is 38.8 Å². The summed E-state index contributed by atoms with van der Waals surface area (Å²) in [5.41, 5.74) is 0. The van der Waals surface area contributed by atoms with E-state index in [-0.39, 0.29) is 24.4 Å². The molecule has 0 unspecified atom stereocenters. The van der Waals surface area contributed by atoms with Crippen LogP contribution in [0.15, 0.2) is 0 Å². The molecule has 6 heteroatoms. The van der Waals surface area contributed by atoms with Crippen molar-refractivity contribution in [2.45, 2.75) is 43.4 Å². The topological polar surface area (TPSA) is 69.6 Å². The average molecular weight is 262 g/mol. The highest BCUT2D eigenvalue weighted by Crippen LogP contribution is 2.29. The van der Waals surface area contributed by atoms with E-state index in [0.29, 0.717) is 12.8 Å². The van der Waals surface area contributed by atoms with Gasteiger partial charge in [0.15, 0.2) is 0 Å². The average Bonchev–Trinajstić information content (AvgIpc) is 2.27. The van der Waals surface area contributed by atoms with Gasteiger partial charge in [0.25, 0.3) is 0 Å². The molecule has 0 amide bonds. The Bertz CT molecular complexity index is 335. The molecule has 2 rings (SSSR count). The number of nitrogens with one attached hydrogen (secondary N) is 1. The molecule has 0 aromatic heterocycles. The predicted octanol–water partition coefficient (Wildman–Crippen LogP) is -0.0850. The SMILES string of the molecule is O=S(=O)(C1CCNCC1)N(CCO)C1CCC1. The molecule has 0 aromatic carbocycles. The lowest BCUT2D eigenvalue weighted by Gasteiger charge is -2.39. The van der Waals surface area contributed by atoms with Crippen LogP contribution in [0.1, 0.15) is 32.1 Å². The van der Waals surface area contributed by atoms with Crippen LogP contribution < -0.4 is 5.32 Å². The Morgan fingerprint density at radius 3 is 2.29 bits per heavy atom. The summed E-state index contributed by atoms with van der Waals surface area (Å²) in [4.78, 5) is 0. The molecule has 0 aromatic rings. The first kappa shape index (κ1) is 13.3. The zero-order valence-corrected chi connectivity index (χ0v) is 11.0. The molecule has 17 heavy (non-hydrogen) atoms. The van der Waals surface area contributed by atoms with Crippen LogP contribution in [-0.2, 0) is 10.0 Å². The maximum atomic E-state index is 12.5. The Kier molecular flexibility index (Phi) is 4.41. The van der Waals surface area contributed by atoms with E-state index in [1.165, 1.54) is 0 Å². The highest BCUT2D eigenvalue weighted by Gasteiger charge is 2.38. The summed E-state index contributed by atoms with van der Waals surface area (Å²) in [5.74, 6) is 0. The van der Waals surface area contributed by atoms with Gasteiger partial charge < -0.3 is 10.4 Å². The molecular weight excluding hydrogens is 240 g/mol. The van der Waals surface area contributed by atoms with Gasteiger partial charge in [-0.3, -0.25) is 0 Å². The van der Waals surface area contributed by atoms with E-state index in [1.54, 1.807) is 4.31 Å². The quantitative estimate of drug-likeness (QED) is 0.727. The van der Waals surface area contributed by atoms with Crippen molar-refractivity contribution in [1.29, 1.82) is 0 Å². The van der Waals surface area contributed by atoms with Crippen molar-refractivity contribution in [1.82, 2.24) is 9.62 Å². The van der Waals surface area contributed by atoms with E-state index < -0.39 is 10.0 Å². The molecule has 1 heterocycles. The molecule has 0 spiro atoms. The summed E-state index contributed by atoms with van der Waals surface area (Å²) in [5, 5.41) is 12.0. The molecule has 2 N–H and O–H groups in total. The number of aliphatic hydroxyl groups excluding tert-OH is 1. The van der Waals surface area contributed by atoms with Crippen LogP contribution in [0, 0.1) is 0 Å². The number of aliphatic hydroxyl groups is 1. The van der Waals surface area contributed by atoms with Gasteiger partial charge in [0.1, 0.15) is 0 Å². The van der Waals surface area contributed by atoms with Gasteiger partial charge in [0, 0.05) is 12.6 Å². The van der Waals surface area contributed by atoms with Crippen molar-refractivity contribution >= 4 is 10.0 Å². The van der Waals surface area contributed by atoms with Crippen molar-refractivity contribution in [2.24, 2.45) is 0 Å². The van der Waals surface area contributed by atoms with Gasteiger partial charge in [0.2, 0.25) is 10.0 Å². The minimum absolute atomic E-state index is 0.0826.